The minimum Gasteiger partial charge on any atom is -0.490 e. The lowest BCUT2D eigenvalue weighted by Crippen LogP contribution is -2.36. The van der Waals surface area contributed by atoms with Crippen molar-refractivity contribution in [3.05, 3.63) is 76.6 Å². The molecular weight excluding hydrogens is 346 g/mol. The van der Waals surface area contributed by atoms with Crippen LogP contribution in [-0.2, 0) is 14.8 Å². The number of aryl methyl sites for hydroxylation is 1. The molecule has 0 saturated heterocycles. The van der Waals surface area contributed by atoms with Gasteiger partial charge in [0.15, 0.2) is 0 Å². The van der Waals surface area contributed by atoms with Crippen LogP contribution < -0.4 is 0 Å². The van der Waals surface area contributed by atoms with Gasteiger partial charge in [0.05, 0.1) is 17.1 Å². The van der Waals surface area contributed by atoms with Crippen LogP contribution in [-0.4, -0.2) is 19.3 Å². The SMILES string of the molecule is CC1=COC(c2ccc(Cl)cc2)CN1S(=O)(=O)c1ccc(C)cc1. The Bertz CT molecular complexity index is 858. The van der Waals surface area contributed by atoms with Crippen LogP contribution in [0.15, 0.2) is 65.4 Å². The highest BCUT2D eigenvalue weighted by molar-refractivity contribution is 7.89. The summed E-state index contributed by atoms with van der Waals surface area (Å²) in [6.45, 7) is 3.87. The zero-order valence-corrected chi connectivity index (χ0v) is 15.0. The van der Waals surface area contributed by atoms with E-state index in [1.54, 1.807) is 43.3 Å². The molecule has 0 aliphatic carbocycles. The Morgan fingerprint density at radius 2 is 1.67 bits per heavy atom. The molecule has 1 aliphatic heterocycles. The van der Waals surface area contributed by atoms with E-state index in [-0.39, 0.29) is 17.5 Å². The fourth-order valence-electron chi connectivity index (χ4n) is 2.56. The van der Waals surface area contributed by atoms with E-state index in [0.29, 0.717) is 10.7 Å². The van der Waals surface area contributed by atoms with Crippen LogP contribution in [0.5, 0.6) is 0 Å². The van der Waals surface area contributed by atoms with E-state index in [9.17, 15) is 8.42 Å². The van der Waals surface area contributed by atoms with Gasteiger partial charge >= 0.3 is 0 Å². The molecular formula is C18H18ClNO3S. The molecule has 2 aromatic rings. The van der Waals surface area contributed by atoms with E-state index in [2.05, 4.69) is 0 Å². The fraction of sp³-hybridized carbons (Fsp3) is 0.222. The number of nitrogens with zero attached hydrogens (tertiary/aromatic N) is 1. The second kappa shape index (κ2) is 6.49. The van der Waals surface area contributed by atoms with Gasteiger partial charge in [-0.1, -0.05) is 41.4 Å². The molecule has 4 nitrogen and oxygen atoms in total. The summed E-state index contributed by atoms with van der Waals surface area (Å²) in [6.07, 6.45) is 1.13. The molecule has 1 unspecified atom stereocenters. The van der Waals surface area contributed by atoms with E-state index in [4.69, 9.17) is 16.3 Å². The first-order chi connectivity index (χ1) is 11.4. The first kappa shape index (κ1) is 16.9. The second-order valence-corrected chi connectivity index (χ2v) is 8.08. The van der Waals surface area contributed by atoms with Gasteiger partial charge in [0.1, 0.15) is 12.4 Å². The standard InChI is InChI=1S/C18H18ClNO3S/c1-13-3-9-17(10-4-13)24(21,22)20-11-18(23-12-14(20)2)15-5-7-16(19)8-6-15/h3-10,12,18H,11H2,1-2H3. The molecule has 0 spiro atoms. The minimum absolute atomic E-state index is 0.222. The predicted octanol–water partition coefficient (Wildman–Crippen LogP) is 4.27. The fourth-order valence-corrected chi connectivity index (χ4v) is 4.18. The molecule has 2 aromatic carbocycles. The summed E-state index contributed by atoms with van der Waals surface area (Å²) in [7, 11) is -3.62. The molecule has 0 amide bonds. The van der Waals surface area contributed by atoms with Gasteiger partial charge in [-0.3, -0.25) is 4.31 Å². The summed E-state index contributed by atoms with van der Waals surface area (Å²) in [5, 5.41) is 0.630. The van der Waals surface area contributed by atoms with E-state index >= 15 is 0 Å². The predicted molar refractivity (Wildman–Crippen MR) is 94.1 cm³/mol. The van der Waals surface area contributed by atoms with Gasteiger partial charge < -0.3 is 4.74 Å². The monoisotopic (exact) mass is 363 g/mol. The van der Waals surface area contributed by atoms with Gasteiger partial charge in [0.25, 0.3) is 10.0 Å². The lowest BCUT2D eigenvalue weighted by atomic mass is 10.1. The molecule has 126 valence electrons. The van der Waals surface area contributed by atoms with Crippen molar-refractivity contribution in [3.8, 4) is 0 Å². The van der Waals surface area contributed by atoms with Crippen molar-refractivity contribution in [2.75, 3.05) is 6.54 Å². The molecule has 0 fully saturated rings. The number of ether oxygens (including phenoxy) is 1. The van der Waals surface area contributed by atoms with E-state index in [1.165, 1.54) is 10.6 Å². The van der Waals surface area contributed by atoms with Crippen LogP contribution >= 0.6 is 11.6 Å². The molecule has 1 aliphatic rings. The Morgan fingerprint density at radius 3 is 2.29 bits per heavy atom. The summed E-state index contributed by atoms with van der Waals surface area (Å²) >= 11 is 5.91. The number of allylic oxidation sites excluding steroid dienone is 1. The molecule has 0 radical (unpaired) electrons. The zero-order valence-electron chi connectivity index (χ0n) is 13.4. The maximum Gasteiger partial charge on any atom is 0.264 e. The van der Waals surface area contributed by atoms with Crippen LogP contribution in [0.4, 0.5) is 0 Å². The average molecular weight is 364 g/mol. The number of benzene rings is 2. The molecule has 24 heavy (non-hydrogen) atoms. The van der Waals surface area contributed by atoms with Gasteiger partial charge in [-0.25, -0.2) is 8.42 Å². The van der Waals surface area contributed by atoms with Crippen LogP contribution in [0.2, 0.25) is 5.02 Å². The summed E-state index contributed by atoms with van der Waals surface area (Å²) in [5.41, 5.74) is 2.45. The molecule has 0 N–H and O–H groups in total. The van der Waals surface area contributed by atoms with Gasteiger partial charge in [-0.05, 0) is 43.7 Å². The van der Waals surface area contributed by atoms with Crippen molar-refractivity contribution >= 4 is 21.6 Å². The highest BCUT2D eigenvalue weighted by Crippen LogP contribution is 2.31. The van der Waals surface area contributed by atoms with Crippen molar-refractivity contribution in [2.24, 2.45) is 0 Å². The smallest absolute Gasteiger partial charge is 0.264 e. The van der Waals surface area contributed by atoms with E-state index in [0.717, 1.165) is 11.1 Å². The van der Waals surface area contributed by atoms with Crippen molar-refractivity contribution < 1.29 is 13.2 Å². The molecule has 0 bridgehead atoms. The number of hydrogen-bond acceptors (Lipinski definition) is 3. The third-order valence-corrected chi connectivity index (χ3v) is 6.12. The molecule has 1 atom stereocenters. The Balaban J connectivity index is 1.92. The number of halogens is 1. The van der Waals surface area contributed by atoms with Crippen molar-refractivity contribution in [2.45, 2.75) is 24.8 Å². The molecule has 6 heteroatoms. The summed E-state index contributed by atoms with van der Waals surface area (Å²) in [4.78, 5) is 0.276. The zero-order chi connectivity index (χ0) is 17.3. The van der Waals surface area contributed by atoms with Crippen LogP contribution in [0.25, 0.3) is 0 Å². The quantitative estimate of drug-likeness (QED) is 0.818. The van der Waals surface area contributed by atoms with Crippen LogP contribution in [0.3, 0.4) is 0 Å². The Labute approximate surface area is 147 Å². The van der Waals surface area contributed by atoms with E-state index < -0.39 is 10.0 Å². The Morgan fingerprint density at radius 1 is 1.04 bits per heavy atom. The lowest BCUT2D eigenvalue weighted by Gasteiger charge is -2.33. The first-order valence-corrected chi connectivity index (χ1v) is 9.37. The maximum atomic E-state index is 12.9. The third-order valence-electron chi connectivity index (χ3n) is 3.98. The number of sulfonamides is 1. The minimum atomic E-state index is -3.62. The summed E-state index contributed by atoms with van der Waals surface area (Å²) in [6, 6.07) is 14.1. The van der Waals surface area contributed by atoms with Crippen molar-refractivity contribution in [1.82, 2.24) is 4.31 Å². The van der Waals surface area contributed by atoms with Gasteiger partial charge in [-0.15, -0.1) is 0 Å². The highest BCUT2D eigenvalue weighted by Gasteiger charge is 2.31. The normalized spacial score (nSPS) is 18.0. The number of hydrogen-bond donors (Lipinski definition) is 0. The molecule has 0 aromatic heterocycles. The van der Waals surface area contributed by atoms with Crippen molar-refractivity contribution in [1.29, 1.82) is 0 Å². The number of rotatable bonds is 3. The maximum absolute atomic E-state index is 12.9. The van der Waals surface area contributed by atoms with Gasteiger partial charge in [-0.2, -0.15) is 0 Å². The molecule has 3 rings (SSSR count). The molecule has 1 heterocycles. The summed E-state index contributed by atoms with van der Waals surface area (Å²) in [5.74, 6) is 0. The Hall–Kier alpha value is -1.98. The van der Waals surface area contributed by atoms with Gasteiger partial charge in [0, 0.05) is 5.02 Å². The van der Waals surface area contributed by atoms with Crippen LogP contribution in [0.1, 0.15) is 24.2 Å². The Kier molecular flexibility index (Phi) is 4.56. The summed E-state index contributed by atoms with van der Waals surface area (Å²) < 4.78 is 33.0. The largest absolute Gasteiger partial charge is 0.490 e. The van der Waals surface area contributed by atoms with Crippen LogP contribution in [0, 0.1) is 6.92 Å². The second-order valence-electron chi connectivity index (χ2n) is 5.78. The topological polar surface area (TPSA) is 46.6 Å². The third kappa shape index (κ3) is 3.28. The first-order valence-electron chi connectivity index (χ1n) is 7.55. The van der Waals surface area contributed by atoms with E-state index in [1.807, 2.05) is 19.1 Å². The average Bonchev–Trinajstić information content (AvgIpc) is 2.56. The molecule has 0 saturated carbocycles. The van der Waals surface area contributed by atoms with Gasteiger partial charge in [0.2, 0.25) is 0 Å². The van der Waals surface area contributed by atoms with Crippen molar-refractivity contribution in [3.63, 3.8) is 0 Å². The lowest BCUT2D eigenvalue weighted by molar-refractivity contribution is 0.101. The highest BCUT2D eigenvalue weighted by atomic mass is 35.5.